The van der Waals surface area contributed by atoms with Crippen molar-refractivity contribution >= 4 is 31.5 Å². The second-order valence-corrected chi connectivity index (χ2v) is 5.56. The highest BCUT2D eigenvalue weighted by Crippen LogP contribution is 2.28. The smallest absolute Gasteiger partial charge is 0.319 e. The summed E-state index contributed by atoms with van der Waals surface area (Å²) in [5, 5.41) is 4.98. The predicted molar refractivity (Wildman–Crippen MR) is 55.3 cm³/mol. The molecule has 0 aromatic heterocycles. The molecule has 0 saturated heterocycles. The summed E-state index contributed by atoms with van der Waals surface area (Å²) >= 11 is 0. The fourth-order valence-corrected chi connectivity index (χ4v) is 2.58. The Balaban J connectivity index is 2.61. The highest BCUT2D eigenvalue weighted by molar-refractivity contribution is 8.13. The maximum absolute atomic E-state index is 11.2. The summed E-state index contributed by atoms with van der Waals surface area (Å²) in [6.07, 6.45) is 0. The van der Waals surface area contributed by atoms with Crippen molar-refractivity contribution < 1.29 is 13.2 Å². The van der Waals surface area contributed by atoms with E-state index in [1.807, 2.05) is 0 Å². The molecule has 1 aliphatic heterocycles. The minimum atomic E-state index is -3.78. The van der Waals surface area contributed by atoms with Crippen LogP contribution in [0.2, 0.25) is 0 Å². The summed E-state index contributed by atoms with van der Waals surface area (Å²) in [5.41, 5.74) is 0.951. The van der Waals surface area contributed by atoms with Crippen molar-refractivity contribution in [3.63, 3.8) is 0 Å². The number of fused-ring (bicyclic) bond motifs is 1. The Morgan fingerprint density at radius 2 is 2.07 bits per heavy atom. The molecule has 0 saturated carbocycles. The summed E-state index contributed by atoms with van der Waals surface area (Å²) in [4.78, 5) is 11.0. The Morgan fingerprint density at radius 3 is 2.73 bits per heavy atom. The summed E-state index contributed by atoms with van der Waals surface area (Å²) in [6, 6.07) is 4.20. The van der Waals surface area contributed by atoms with Crippen LogP contribution in [0.4, 0.5) is 10.5 Å². The van der Waals surface area contributed by atoms with Gasteiger partial charge in [-0.05, 0) is 12.1 Å². The fraction of sp³-hybridized carbons (Fsp3) is 0.125. The van der Waals surface area contributed by atoms with Gasteiger partial charge in [0, 0.05) is 28.5 Å². The lowest BCUT2D eigenvalue weighted by atomic mass is 10.1. The number of hydrogen-bond donors (Lipinski definition) is 2. The zero-order valence-electron chi connectivity index (χ0n) is 7.45. The first-order valence-corrected chi connectivity index (χ1v) is 6.41. The maximum Gasteiger partial charge on any atom is 0.319 e. The van der Waals surface area contributed by atoms with Gasteiger partial charge in [0.05, 0.1) is 4.90 Å². The zero-order chi connectivity index (χ0) is 11.1. The lowest BCUT2D eigenvalue weighted by molar-refractivity contribution is 0.250. The van der Waals surface area contributed by atoms with Crippen molar-refractivity contribution in [2.45, 2.75) is 11.4 Å². The van der Waals surface area contributed by atoms with Crippen molar-refractivity contribution in [2.75, 3.05) is 5.32 Å². The van der Waals surface area contributed by atoms with E-state index in [-0.39, 0.29) is 17.5 Å². The van der Waals surface area contributed by atoms with Gasteiger partial charge in [0.15, 0.2) is 0 Å². The second kappa shape index (κ2) is 3.39. The second-order valence-electron chi connectivity index (χ2n) is 3.03. The summed E-state index contributed by atoms with van der Waals surface area (Å²) in [6.45, 7) is 0.156. The Kier molecular flexibility index (Phi) is 2.32. The van der Waals surface area contributed by atoms with E-state index < -0.39 is 9.05 Å². The van der Waals surface area contributed by atoms with Crippen LogP contribution < -0.4 is 10.6 Å². The molecule has 1 heterocycles. The Morgan fingerprint density at radius 1 is 1.33 bits per heavy atom. The monoisotopic (exact) mass is 246 g/mol. The van der Waals surface area contributed by atoms with Gasteiger partial charge in [-0.2, -0.15) is 0 Å². The Hall–Kier alpha value is -1.27. The van der Waals surface area contributed by atoms with Gasteiger partial charge in [-0.25, -0.2) is 13.2 Å². The predicted octanol–water partition coefficient (Wildman–Crippen LogP) is 1.25. The molecule has 5 nitrogen and oxygen atoms in total. The van der Waals surface area contributed by atoms with Crippen LogP contribution in [0.15, 0.2) is 23.1 Å². The zero-order valence-corrected chi connectivity index (χ0v) is 9.02. The first-order chi connectivity index (χ1) is 6.98. The molecule has 0 bridgehead atoms. The lowest BCUT2D eigenvalue weighted by Crippen LogP contribution is -2.34. The van der Waals surface area contributed by atoms with Crippen LogP contribution in [-0.4, -0.2) is 14.4 Å². The van der Waals surface area contributed by atoms with Crippen LogP contribution >= 0.6 is 10.7 Å². The molecule has 0 fully saturated rings. The standard InChI is InChI=1S/C8H7ClN2O3S/c9-15(13,14)7-3-1-2-6-5(7)4-10-8(12)11-6/h1-3H,4H2,(H2,10,11,12). The third-order valence-electron chi connectivity index (χ3n) is 2.07. The number of carbonyl (C=O) groups is 1. The number of hydrogen-bond acceptors (Lipinski definition) is 3. The van der Waals surface area contributed by atoms with E-state index in [4.69, 9.17) is 10.7 Å². The fourth-order valence-electron chi connectivity index (χ4n) is 1.43. The maximum atomic E-state index is 11.2. The first-order valence-electron chi connectivity index (χ1n) is 4.10. The van der Waals surface area contributed by atoms with Crippen molar-refractivity contribution in [1.29, 1.82) is 0 Å². The molecule has 2 amide bonds. The van der Waals surface area contributed by atoms with Crippen LogP contribution in [0.1, 0.15) is 5.56 Å². The van der Waals surface area contributed by atoms with Gasteiger partial charge in [0.2, 0.25) is 0 Å². The number of benzene rings is 1. The molecule has 2 N–H and O–H groups in total. The van der Waals surface area contributed by atoms with Gasteiger partial charge in [-0.1, -0.05) is 6.07 Å². The molecule has 80 valence electrons. The minimum absolute atomic E-state index is 0.0224. The van der Waals surface area contributed by atoms with Crippen molar-refractivity contribution in [2.24, 2.45) is 0 Å². The minimum Gasteiger partial charge on any atom is -0.334 e. The topological polar surface area (TPSA) is 75.3 Å². The van der Waals surface area contributed by atoms with Gasteiger partial charge in [0.25, 0.3) is 9.05 Å². The number of anilines is 1. The highest BCUT2D eigenvalue weighted by Gasteiger charge is 2.22. The lowest BCUT2D eigenvalue weighted by Gasteiger charge is -2.19. The van der Waals surface area contributed by atoms with Gasteiger partial charge < -0.3 is 10.6 Å². The highest BCUT2D eigenvalue weighted by atomic mass is 35.7. The molecule has 0 aliphatic carbocycles. The van der Waals surface area contributed by atoms with Crippen molar-refractivity contribution in [3.05, 3.63) is 23.8 Å². The van der Waals surface area contributed by atoms with Crippen LogP contribution in [0.5, 0.6) is 0 Å². The number of urea groups is 1. The Bertz CT molecular complexity index is 527. The van der Waals surface area contributed by atoms with E-state index in [2.05, 4.69) is 10.6 Å². The molecule has 0 atom stereocenters. The molecular weight excluding hydrogens is 240 g/mol. The summed E-state index contributed by atoms with van der Waals surface area (Å²) in [7, 11) is 1.48. The van der Waals surface area contributed by atoms with E-state index in [1.165, 1.54) is 12.1 Å². The largest absolute Gasteiger partial charge is 0.334 e. The summed E-state index contributed by atoms with van der Waals surface area (Å²) in [5.74, 6) is 0. The quantitative estimate of drug-likeness (QED) is 0.733. The van der Waals surface area contributed by atoms with Crippen LogP contribution in [0.3, 0.4) is 0 Å². The van der Waals surface area contributed by atoms with Crippen LogP contribution in [-0.2, 0) is 15.6 Å². The molecule has 2 rings (SSSR count). The molecule has 1 aliphatic rings. The van der Waals surface area contributed by atoms with Gasteiger partial charge in [-0.3, -0.25) is 0 Å². The van der Waals surface area contributed by atoms with Gasteiger partial charge in [0.1, 0.15) is 0 Å². The normalized spacial score (nSPS) is 15.1. The molecule has 15 heavy (non-hydrogen) atoms. The number of rotatable bonds is 1. The molecule has 0 unspecified atom stereocenters. The molecule has 1 aromatic carbocycles. The molecular formula is C8H7ClN2O3S. The van der Waals surface area contributed by atoms with Crippen molar-refractivity contribution in [3.8, 4) is 0 Å². The number of amides is 2. The SMILES string of the molecule is O=C1NCc2c(cccc2S(=O)(=O)Cl)N1. The molecule has 7 heteroatoms. The van der Waals surface area contributed by atoms with E-state index in [9.17, 15) is 13.2 Å². The molecule has 0 spiro atoms. The first kappa shape index (κ1) is 10.3. The van der Waals surface area contributed by atoms with E-state index in [0.717, 1.165) is 0 Å². The number of halogens is 1. The Labute approximate surface area is 90.8 Å². The number of carbonyl (C=O) groups excluding carboxylic acids is 1. The van der Waals surface area contributed by atoms with Crippen LogP contribution in [0.25, 0.3) is 0 Å². The summed E-state index contributed by atoms with van der Waals surface area (Å²) < 4.78 is 22.4. The van der Waals surface area contributed by atoms with Crippen LogP contribution in [0, 0.1) is 0 Å². The third-order valence-corrected chi connectivity index (χ3v) is 3.48. The van der Waals surface area contributed by atoms with E-state index in [0.29, 0.717) is 11.3 Å². The van der Waals surface area contributed by atoms with Gasteiger partial charge >= 0.3 is 6.03 Å². The van der Waals surface area contributed by atoms with Gasteiger partial charge in [-0.15, -0.1) is 0 Å². The molecule has 1 aromatic rings. The average Bonchev–Trinajstić information content (AvgIpc) is 2.15. The third kappa shape index (κ3) is 1.91. The van der Waals surface area contributed by atoms with E-state index >= 15 is 0 Å². The molecule has 0 radical (unpaired) electrons. The van der Waals surface area contributed by atoms with E-state index in [1.54, 1.807) is 6.07 Å². The number of nitrogens with one attached hydrogen (secondary N) is 2. The average molecular weight is 247 g/mol. The van der Waals surface area contributed by atoms with Crippen molar-refractivity contribution in [1.82, 2.24) is 5.32 Å².